The lowest BCUT2D eigenvalue weighted by Gasteiger charge is -2.22. The molecular formula is C20H29N4O14P3S2. The molecule has 1 fully saturated rings. The van der Waals surface area contributed by atoms with Crippen LogP contribution in [0.1, 0.15) is 40.7 Å². The summed E-state index contributed by atoms with van der Waals surface area (Å²) in [6.07, 6.45) is -2.59. The van der Waals surface area contributed by atoms with Gasteiger partial charge in [0.15, 0.2) is 0 Å². The van der Waals surface area contributed by atoms with Crippen LogP contribution in [0.5, 0.6) is 0 Å². The normalized spacial score (nSPS) is 22.4. The molecule has 0 bridgehead atoms. The van der Waals surface area contributed by atoms with E-state index in [0.29, 0.717) is 17.9 Å². The number of carbonyl (C=O) groups is 1. The molecule has 2 aromatic rings. The van der Waals surface area contributed by atoms with Crippen LogP contribution in [0.3, 0.4) is 0 Å². The molecule has 6 atom stereocenters. The third-order valence-electron chi connectivity index (χ3n) is 5.45. The lowest BCUT2D eigenvalue weighted by Crippen LogP contribution is -2.31. The molecule has 1 aliphatic heterocycles. The average molecular weight is 707 g/mol. The third-order valence-corrected chi connectivity index (χ3v) is 12.1. The summed E-state index contributed by atoms with van der Waals surface area (Å²) in [5, 5.41) is -0.145. The van der Waals surface area contributed by atoms with E-state index in [4.69, 9.17) is 35.3 Å². The quantitative estimate of drug-likeness (QED) is 0.0669. The van der Waals surface area contributed by atoms with E-state index in [0.717, 1.165) is 4.57 Å². The van der Waals surface area contributed by atoms with Gasteiger partial charge in [-0.1, -0.05) is 39.8 Å². The number of hydrogen-bond acceptors (Lipinski definition) is 15. The van der Waals surface area contributed by atoms with Crippen molar-refractivity contribution >= 4 is 56.8 Å². The smallest absolute Gasteiger partial charge is 0.456 e. The third kappa shape index (κ3) is 11.1. The van der Waals surface area contributed by atoms with Crippen LogP contribution in [0, 0.1) is 0 Å². The van der Waals surface area contributed by atoms with Crippen molar-refractivity contribution in [3.63, 3.8) is 0 Å². The molecular weight excluding hydrogens is 677 g/mol. The molecule has 18 nitrogen and oxygen atoms in total. The number of phosphoric acid groups is 3. The van der Waals surface area contributed by atoms with Crippen LogP contribution in [-0.2, 0) is 36.3 Å². The highest BCUT2D eigenvalue weighted by atomic mass is 33.1. The van der Waals surface area contributed by atoms with E-state index >= 15 is 0 Å². The van der Waals surface area contributed by atoms with Crippen molar-refractivity contribution in [1.82, 2.24) is 9.55 Å². The van der Waals surface area contributed by atoms with Gasteiger partial charge in [0.1, 0.15) is 24.3 Å². The van der Waals surface area contributed by atoms with Crippen LogP contribution in [-0.4, -0.2) is 66.2 Å². The zero-order valence-electron chi connectivity index (χ0n) is 22.2. The van der Waals surface area contributed by atoms with Gasteiger partial charge in [0.2, 0.25) is 0 Å². The van der Waals surface area contributed by atoms with E-state index in [1.54, 1.807) is 24.3 Å². The van der Waals surface area contributed by atoms with E-state index in [-0.39, 0.29) is 23.1 Å². The van der Waals surface area contributed by atoms with Crippen molar-refractivity contribution in [2.75, 3.05) is 24.6 Å². The van der Waals surface area contributed by atoms with Gasteiger partial charge in [0, 0.05) is 30.2 Å². The van der Waals surface area contributed by atoms with E-state index in [2.05, 4.69) is 13.6 Å². The molecule has 23 heteroatoms. The van der Waals surface area contributed by atoms with Crippen LogP contribution < -0.4 is 17.2 Å². The zero-order valence-corrected chi connectivity index (χ0v) is 26.5. The number of hydrogen-bond donors (Lipinski definition) is 6. The fraction of sp³-hybridized carbons (Fsp3) is 0.450. The second kappa shape index (κ2) is 15.1. The molecule has 4 unspecified atom stereocenters. The standard InChI is InChI=1S/C20H29N4O14P3S2/c1-12(43-42-9-7-21)13-4-2-3-5-14(13)19(25)36-15-10-18(24-8-6-17(22)23-20(24)26)35-16(15)11-34-40(30,31)38-41(32,33)37-39(27,28)29/h2-6,8,12,15-16,18H,7,9-11,21H2,1H3,(H,30,31)(H,32,33)(H2,22,23,26)(H2,27,28,29)/t12?,15-,16?,18-/m1/s1. The van der Waals surface area contributed by atoms with E-state index in [1.165, 1.54) is 33.9 Å². The van der Waals surface area contributed by atoms with Gasteiger partial charge >= 0.3 is 35.1 Å². The fourth-order valence-electron chi connectivity index (χ4n) is 3.75. The number of rotatable bonds is 15. The Bertz CT molecular complexity index is 1490. The molecule has 2 heterocycles. The van der Waals surface area contributed by atoms with E-state index < -0.39 is 60.2 Å². The number of anilines is 1. The Morgan fingerprint density at radius 2 is 1.86 bits per heavy atom. The van der Waals surface area contributed by atoms with Crippen LogP contribution in [0.2, 0.25) is 0 Å². The average Bonchev–Trinajstić information content (AvgIpc) is 3.27. The van der Waals surface area contributed by atoms with Crippen molar-refractivity contribution < 1.29 is 60.7 Å². The molecule has 0 amide bonds. The first-order chi connectivity index (χ1) is 20.0. The Hall–Kier alpha value is -1.60. The summed E-state index contributed by atoms with van der Waals surface area (Å²) < 4.78 is 59.4. The van der Waals surface area contributed by atoms with E-state index in [1.807, 2.05) is 6.92 Å². The predicted molar refractivity (Wildman–Crippen MR) is 154 cm³/mol. The Morgan fingerprint density at radius 3 is 2.51 bits per heavy atom. The molecule has 8 N–H and O–H groups in total. The first-order valence-corrected chi connectivity index (χ1v) is 19.0. The number of ether oxygens (including phenoxy) is 2. The summed E-state index contributed by atoms with van der Waals surface area (Å²) in [5.74, 6) is -0.161. The number of carbonyl (C=O) groups excluding carboxylic acids is 1. The maximum absolute atomic E-state index is 13.3. The van der Waals surface area contributed by atoms with Gasteiger partial charge in [-0.25, -0.2) is 23.3 Å². The monoisotopic (exact) mass is 706 g/mol. The predicted octanol–water partition coefficient (Wildman–Crippen LogP) is 2.08. The Balaban J connectivity index is 1.81. The summed E-state index contributed by atoms with van der Waals surface area (Å²) in [6, 6.07) is 7.98. The Labute approximate surface area is 252 Å². The highest BCUT2D eigenvalue weighted by Gasteiger charge is 2.44. The molecule has 1 aliphatic rings. The summed E-state index contributed by atoms with van der Waals surface area (Å²) in [4.78, 5) is 66.0. The first-order valence-electron chi connectivity index (χ1n) is 12.1. The SMILES string of the molecule is CC(SSCCN)c1ccccc1C(=O)O[C@@H]1C[C@H](n2ccc(N)nc2=O)OC1COP(=O)(O)OP(=O)(O)OP(=O)(O)O. The summed E-state index contributed by atoms with van der Waals surface area (Å²) >= 11 is 0. The maximum atomic E-state index is 13.3. The number of nitrogens with two attached hydrogens (primary N) is 2. The summed E-state index contributed by atoms with van der Waals surface area (Å²) in [5.41, 5.74) is 11.1. The molecule has 3 rings (SSSR count). The number of aromatic nitrogens is 2. The maximum Gasteiger partial charge on any atom is 0.490 e. The van der Waals surface area contributed by atoms with Gasteiger partial charge in [0.05, 0.1) is 12.2 Å². The van der Waals surface area contributed by atoms with Crippen LogP contribution >= 0.6 is 45.1 Å². The van der Waals surface area contributed by atoms with Crippen LogP contribution in [0.25, 0.3) is 0 Å². The number of nitrogens with zero attached hydrogens (tertiary/aromatic N) is 2. The number of phosphoric ester groups is 1. The van der Waals surface area contributed by atoms with Crippen molar-refractivity contribution in [3.05, 3.63) is 58.1 Å². The molecule has 0 spiro atoms. The van der Waals surface area contributed by atoms with Gasteiger partial charge in [-0.2, -0.15) is 13.6 Å². The molecule has 43 heavy (non-hydrogen) atoms. The van der Waals surface area contributed by atoms with Crippen molar-refractivity contribution in [1.29, 1.82) is 0 Å². The molecule has 0 aliphatic carbocycles. The molecule has 0 saturated carbocycles. The lowest BCUT2D eigenvalue weighted by molar-refractivity contribution is -0.0511. The van der Waals surface area contributed by atoms with Gasteiger partial charge in [-0.05, 0) is 24.6 Å². The second-order valence-corrected chi connectivity index (χ2v) is 15.9. The van der Waals surface area contributed by atoms with Crippen molar-refractivity contribution in [2.45, 2.75) is 37.0 Å². The molecule has 1 saturated heterocycles. The lowest BCUT2D eigenvalue weighted by atomic mass is 10.0. The van der Waals surface area contributed by atoms with Gasteiger partial charge in [0.25, 0.3) is 0 Å². The molecule has 1 aromatic heterocycles. The number of esters is 1. The molecule has 240 valence electrons. The Morgan fingerprint density at radius 1 is 1.16 bits per heavy atom. The topological polar surface area (TPSA) is 282 Å². The molecule has 0 radical (unpaired) electrons. The summed E-state index contributed by atoms with van der Waals surface area (Å²) in [7, 11) is -13.9. The first kappa shape index (κ1) is 35.9. The number of nitrogen functional groups attached to an aromatic ring is 1. The fourth-order valence-corrected chi connectivity index (χ4v) is 8.99. The van der Waals surface area contributed by atoms with Gasteiger partial charge in [-0.3, -0.25) is 9.09 Å². The van der Waals surface area contributed by atoms with E-state index in [9.17, 15) is 33.1 Å². The minimum atomic E-state index is -5.78. The largest absolute Gasteiger partial charge is 0.490 e. The van der Waals surface area contributed by atoms with Crippen molar-refractivity contribution in [2.24, 2.45) is 5.73 Å². The highest BCUT2D eigenvalue weighted by molar-refractivity contribution is 8.76. The van der Waals surface area contributed by atoms with Gasteiger partial charge < -0.3 is 40.5 Å². The summed E-state index contributed by atoms with van der Waals surface area (Å²) in [6.45, 7) is 1.45. The second-order valence-electron chi connectivity index (χ2n) is 8.67. The minimum Gasteiger partial charge on any atom is -0.456 e. The Kier molecular flexibility index (Phi) is 12.6. The minimum absolute atomic E-state index is 0.0698. The zero-order chi connectivity index (χ0) is 32.0. The van der Waals surface area contributed by atoms with Crippen LogP contribution in [0.15, 0.2) is 41.3 Å². The van der Waals surface area contributed by atoms with Gasteiger partial charge in [-0.15, -0.1) is 0 Å². The molecule has 1 aromatic carbocycles. The van der Waals surface area contributed by atoms with Crippen molar-refractivity contribution in [3.8, 4) is 0 Å². The highest BCUT2D eigenvalue weighted by Crippen LogP contribution is 2.66. The number of benzene rings is 1. The van der Waals surface area contributed by atoms with Crippen LogP contribution in [0.4, 0.5) is 5.82 Å².